The van der Waals surface area contributed by atoms with Gasteiger partial charge in [-0.1, -0.05) is 18.2 Å². The quantitative estimate of drug-likeness (QED) is 0.428. The van der Waals surface area contributed by atoms with E-state index in [9.17, 15) is 15.3 Å². The number of hydrogen-bond donors (Lipinski definition) is 5. The molecule has 0 aliphatic rings. The molecule has 0 unspecified atom stereocenters. The van der Waals surface area contributed by atoms with Gasteiger partial charge in [-0.25, -0.2) is 0 Å². The van der Waals surface area contributed by atoms with Crippen molar-refractivity contribution in [2.75, 3.05) is 7.11 Å². The highest BCUT2D eigenvalue weighted by Crippen LogP contribution is 2.26. The number of rotatable bonds is 2. The summed E-state index contributed by atoms with van der Waals surface area (Å²) >= 11 is 0. The molecular formula is C15H16O5. The molecule has 0 spiro atoms. The van der Waals surface area contributed by atoms with E-state index in [1.165, 1.54) is 30.3 Å². The van der Waals surface area contributed by atoms with Crippen LogP contribution in [0.5, 0.6) is 23.0 Å². The van der Waals surface area contributed by atoms with Crippen molar-refractivity contribution in [2.24, 2.45) is 0 Å². The SMILES string of the molecule is CO.Oc1cc(O)cc(/C=C/c2ccc(O)c(O)c2)c1. The van der Waals surface area contributed by atoms with Gasteiger partial charge in [0.05, 0.1) is 0 Å². The molecule has 2 rings (SSSR count). The summed E-state index contributed by atoms with van der Waals surface area (Å²) in [6.07, 6.45) is 3.36. The fraction of sp³-hybridized carbons (Fsp3) is 0.0667. The molecule has 2 aromatic carbocycles. The van der Waals surface area contributed by atoms with Crippen LogP contribution in [0.25, 0.3) is 12.2 Å². The molecule has 0 saturated carbocycles. The third-order valence-electron chi connectivity index (χ3n) is 2.39. The Morgan fingerprint density at radius 1 is 0.650 bits per heavy atom. The van der Waals surface area contributed by atoms with Gasteiger partial charge in [-0.05, 0) is 35.4 Å². The minimum absolute atomic E-state index is 0.0248. The predicted octanol–water partition coefficient (Wildman–Crippen LogP) is 2.29. The maximum Gasteiger partial charge on any atom is 0.157 e. The summed E-state index contributed by atoms with van der Waals surface area (Å²) in [5.74, 6) is -0.426. The molecule has 0 aliphatic heterocycles. The first kappa shape index (κ1) is 15.4. The first-order valence-corrected chi connectivity index (χ1v) is 5.72. The molecule has 2 aromatic rings. The molecule has 0 radical (unpaired) electrons. The Bertz CT molecular complexity index is 585. The number of phenolic OH excluding ortho intramolecular Hbond substituents is 4. The van der Waals surface area contributed by atoms with Gasteiger partial charge >= 0.3 is 0 Å². The number of phenols is 4. The van der Waals surface area contributed by atoms with Gasteiger partial charge in [0.1, 0.15) is 11.5 Å². The molecule has 0 amide bonds. The molecule has 106 valence electrons. The summed E-state index contributed by atoms with van der Waals surface area (Å²) in [5.41, 5.74) is 1.31. The van der Waals surface area contributed by atoms with Gasteiger partial charge in [-0.15, -0.1) is 0 Å². The van der Waals surface area contributed by atoms with Crippen molar-refractivity contribution in [2.45, 2.75) is 0 Å². The van der Waals surface area contributed by atoms with Crippen LogP contribution in [0.4, 0.5) is 0 Å². The fourth-order valence-electron chi connectivity index (χ4n) is 1.55. The van der Waals surface area contributed by atoms with E-state index in [0.29, 0.717) is 11.1 Å². The highest BCUT2D eigenvalue weighted by Gasteiger charge is 1.99. The second-order valence-electron chi connectivity index (χ2n) is 3.86. The first-order chi connectivity index (χ1) is 9.54. The van der Waals surface area contributed by atoms with Gasteiger partial charge in [-0.2, -0.15) is 0 Å². The minimum atomic E-state index is -0.198. The first-order valence-electron chi connectivity index (χ1n) is 5.72. The van der Waals surface area contributed by atoms with E-state index in [0.717, 1.165) is 7.11 Å². The third-order valence-corrected chi connectivity index (χ3v) is 2.39. The zero-order valence-corrected chi connectivity index (χ0v) is 10.9. The largest absolute Gasteiger partial charge is 0.508 e. The summed E-state index contributed by atoms with van der Waals surface area (Å²) in [5, 5.41) is 44.1. The van der Waals surface area contributed by atoms with Gasteiger partial charge in [0.15, 0.2) is 11.5 Å². The van der Waals surface area contributed by atoms with E-state index in [2.05, 4.69) is 0 Å². The molecule has 0 aromatic heterocycles. The molecule has 5 heteroatoms. The Balaban J connectivity index is 0.000000956. The van der Waals surface area contributed by atoms with E-state index in [1.54, 1.807) is 18.2 Å². The molecular weight excluding hydrogens is 260 g/mol. The maximum atomic E-state index is 9.32. The monoisotopic (exact) mass is 276 g/mol. The summed E-state index contributed by atoms with van der Waals surface area (Å²) in [4.78, 5) is 0. The second kappa shape index (κ2) is 7.06. The summed E-state index contributed by atoms with van der Waals surface area (Å²) in [6, 6.07) is 8.66. The summed E-state index contributed by atoms with van der Waals surface area (Å²) in [6.45, 7) is 0. The van der Waals surface area contributed by atoms with Crippen LogP contribution in [0.15, 0.2) is 36.4 Å². The standard InChI is InChI=1S/C14H12O4.CH4O/c15-11-5-10(6-12(16)8-11)2-1-9-3-4-13(17)14(18)7-9;1-2/h1-8,15-18H;2H,1H3/b2-1+;. The Kier molecular flexibility index (Phi) is 5.43. The van der Waals surface area contributed by atoms with Crippen LogP contribution in [0.2, 0.25) is 0 Å². The molecule has 5 N–H and O–H groups in total. The smallest absolute Gasteiger partial charge is 0.157 e. The molecule has 0 saturated heterocycles. The normalized spacial score (nSPS) is 10.1. The van der Waals surface area contributed by atoms with E-state index in [-0.39, 0.29) is 23.0 Å². The van der Waals surface area contributed by atoms with E-state index in [4.69, 9.17) is 10.2 Å². The van der Waals surface area contributed by atoms with Crippen molar-refractivity contribution in [1.82, 2.24) is 0 Å². The van der Waals surface area contributed by atoms with Gasteiger partial charge in [-0.3, -0.25) is 0 Å². The van der Waals surface area contributed by atoms with E-state index < -0.39 is 0 Å². The lowest BCUT2D eigenvalue weighted by molar-refractivity contribution is 0.399. The Labute approximate surface area is 116 Å². The molecule has 0 aliphatic carbocycles. The van der Waals surface area contributed by atoms with E-state index >= 15 is 0 Å². The molecule has 0 fully saturated rings. The van der Waals surface area contributed by atoms with Crippen LogP contribution in [0.3, 0.4) is 0 Å². The van der Waals surface area contributed by atoms with Crippen molar-refractivity contribution in [1.29, 1.82) is 0 Å². The van der Waals surface area contributed by atoms with Crippen molar-refractivity contribution < 1.29 is 25.5 Å². The molecule has 20 heavy (non-hydrogen) atoms. The second-order valence-corrected chi connectivity index (χ2v) is 3.86. The zero-order valence-electron chi connectivity index (χ0n) is 10.9. The number of hydrogen-bond acceptors (Lipinski definition) is 5. The lowest BCUT2D eigenvalue weighted by atomic mass is 10.1. The Hall–Kier alpha value is -2.66. The maximum absolute atomic E-state index is 9.32. The van der Waals surface area contributed by atoms with Gasteiger partial charge in [0, 0.05) is 13.2 Å². The molecule has 5 nitrogen and oxygen atoms in total. The number of aliphatic hydroxyl groups is 1. The summed E-state index contributed by atoms with van der Waals surface area (Å²) in [7, 11) is 1.00. The van der Waals surface area contributed by atoms with Crippen LogP contribution in [-0.2, 0) is 0 Å². The molecule has 0 bridgehead atoms. The number of benzene rings is 2. The van der Waals surface area contributed by atoms with Crippen molar-refractivity contribution in [3.8, 4) is 23.0 Å². The van der Waals surface area contributed by atoms with Crippen molar-refractivity contribution in [3.05, 3.63) is 47.5 Å². The average Bonchev–Trinajstić information content (AvgIpc) is 2.41. The Morgan fingerprint density at radius 3 is 1.75 bits per heavy atom. The third kappa shape index (κ3) is 4.22. The highest BCUT2D eigenvalue weighted by molar-refractivity contribution is 5.72. The van der Waals surface area contributed by atoms with Crippen LogP contribution in [0.1, 0.15) is 11.1 Å². The lowest BCUT2D eigenvalue weighted by Gasteiger charge is -2.00. The van der Waals surface area contributed by atoms with Gasteiger partial charge < -0.3 is 25.5 Å². The Morgan fingerprint density at radius 2 is 1.20 bits per heavy atom. The summed E-state index contributed by atoms with van der Waals surface area (Å²) < 4.78 is 0. The van der Waals surface area contributed by atoms with Crippen molar-refractivity contribution >= 4 is 12.2 Å². The van der Waals surface area contributed by atoms with Gasteiger partial charge in [0.25, 0.3) is 0 Å². The highest BCUT2D eigenvalue weighted by atomic mass is 16.3. The fourth-order valence-corrected chi connectivity index (χ4v) is 1.55. The van der Waals surface area contributed by atoms with Crippen LogP contribution < -0.4 is 0 Å². The van der Waals surface area contributed by atoms with E-state index in [1.807, 2.05) is 0 Å². The lowest BCUT2D eigenvalue weighted by Crippen LogP contribution is -1.75. The minimum Gasteiger partial charge on any atom is -0.508 e. The van der Waals surface area contributed by atoms with Crippen LogP contribution >= 0.6 is 0 Å². The van der Waals surface area contributed by atoms with Gasteiger partial charge in [0.2, 0.25) is 0 Å². The average molecular weight is 276 g/mol. The number of aromatic hydroxyl groups is 4. The van der Waals surface area contributed by atoms with Crippen LogP contribution in [0, 0.1) is 0 Å². The van der Waals surface area contributed by atoms with Crippen molar-refractivity contribution in [3.63, 3.8) is 0 Å². The van der Waals surface area contributed by atoms with Crippen LogP contribution in [-0.4, -0.2) is 32.6 Å². The molecule has 0 heterocycles. The predicted molar refractivity (Wildman–Crippen MR) is 76.6 cm³/mol. The zero-order chi connectivity index (χ0) is 15.1. The number of aliphatic hydroxyl groups excluding tert-OH is 1. The molecule has 0 atom stereocenters. The topological polar surface area (TPSA) is 101 Å².